The van der Waals surface area contributed by atoms with Gasteiger partial charge < -0.3 is 14.8 Å². The minimum atomic E-state index is -0.223. The third-order valence-electron chi connectivity index (χ3n) is 4.76. The molecule has 4 rings (SSSR count). The molecule has 1 fully saturated rings. The van der Waals surface area contributed by atoms with Gasteiger partial charge >= 0.3 is 0 Å². The minimum absolute atomic E-state index is 0.129. The second-order valence-corrected chi connectivity index (χ2v) is 6.60. The normalized spacial score (nSPS) is 19.9. The van der Waals surface area contributed by atoms with Crippen molar-refractivity contribution in [1.29, 1.82) is 0 Å². The van der Waals surface area contributed by atoms with Crippen molar-refractivity contribution in [3.8, 4) is 0 Å². The van der Waals surface area contributed by atoms with E-state index in [0.29, 0.717) is 31.9 Å². The number of carbonyl (C=O) groups excluding carboxylic acids is 1. The number of para-hydroxylation sites is 1. The number of amides is 1. The summed E-state index contributed by atoms with van der Waals surface area (Å²) in [6.45, 7) is 1.42. The fourth-order valence-corrected chi connectivity index (χ4v) is 3.34. The van der Waals surface area contributed by atoms with Crippen LogP contribution in [-0.2, 0) is 23.1 Å². The molecular weight excluding hydrogens is 344 g/mol. The molecule has 7 heteroatoms. The summed E-state index contributed by atoms with van der Waals surface area (Å²) < 4.78 is 13.3. The lowest BCUT2D eigenvalue weighted by molar-refractivity contribution is -0.0743. The van der Waals surface area contributed by atoms with Crippen molar-refractivity contribution in [1.82, 2.24) is 20.1 Å². The van der Waals surface area contributed by atoms with Crippen LogP contribution in [0.3, 0.4) is 0 Å². The molecule has 0 spiro atoms. The van der Waals surface area contributed by atoms with Crippen LogP contribution in [0.15, 0.2) is 48.7 Å². The molecule has 1 aromatic carbocycles. The molecule has 3 heterocycles. The number of hydrogen-bond acceptors (Lipinski definition) is 5. The molecule has 0 saturated carbocycles. The van der Waals surface area contributed by atoms with Gasteiger partial charge in [0.1, 0.15) is 6.10 Å². The van der Waals surface area contributed by atoms with Gasteiger partial charge in [0, 0.05) is 25.2 Å². The van der Waals surface area contributed by atoms with Gasteiger partial charge in [-0.1, -0.05) is 24.3 Å². The summed E-state index contributed by atoms with van der Waals surface area (Å²) in [5.74, 6) is -0.190. The fourth-order valence-electron chi connectivity index (χ4n) is 3.34. The average molecular weight is 366 g/mol. The van der Waals surface area contributed by atoms with Crippen molar-refractivity contribution in [2.24, 2.45) is 7.05 Å². The summed E-state index contributed by atoms with van der Waals surface area (Å²) >= 11 is 0. The van der Waals surface area contributed by atoms with Crippen molar-refractivity contribution < 1.29 is 14.3 Å². The third kappa shape index (κ3) is 3.84. The second-order valence-electron chi connectivity index (χ2n) is 6.60. The standard InChI is InChI=1S/C20H22N4O3/c1-24-17-8-3-2-7-15(17)19(23-24)20(25)22-16-9-11-26-13-18(16)27-12-14-6-4-5-10-21-14/h2-8,10,16,18H,9,11-13H2,1H3,(H,22,25)/t16-,18-/m1/s1. The predicted octanol–water partition coefficient (Wildman–Crippen LogP) is 2.07. The number of rotatable bonds is 5. The van der Waals surface area contributed by atoms with E-state index in [1.807, 2.05) is 49.5 Å². The van der Waals surface area contributed by atoms with Gasteiger partial charge in [-0.3, -0.25) is 14.5 Å². The Morgan fingerprint density at radius 3 is 3.00 bits per heavy atom. The van der Waals surface area contributed by atoms with Gasteiger partial charge in [-0.25, -0.2) is 0 Å². The molecule has 27 heavy (non-hydrogen) atoms. The maximum atomic E-state index is 12.9. The number of aryl methyl sites for hydroxylation is 1. The summed E-state index contributed by atoms with van der Waals surface area (Å²) in [5, 5.41) is 8.33. The lowest BCUT2D eigenvalue weighted by atomic mass is 10.1. The summed E-state index contributed by atoms with van der Waals surface area (Å²) in [4.78, 5) is 17.1. The molecule has 2 aromatic heterocycles. The van der Waals surface area contributed by atoms with Crippen molar-refractivity contribution >= 4 is 16.8 Å². The van der Waals surface area contributed by atoms with Gasteiger partial charge in [-0.2, -0.15) is 5.10 Å². The Morgan fingerprint density at radius 2 is 2.15 bits per heavy atom. The molecular formula is C20H22N4O3. The predicted molar refractivity (Wildman–Crippen MR) is 100 cm³/mol. The zero-order valence-electron chi connectivity index (χ0n) is 15.2. The van der Waals surface area contributed by atoms with Crippen LogP contribution in [0.1, 0.15) is 22.6 Å². The molecule has 0 radical (unpaired) electrons. The van der Waals surface area contributed by atoms with Crippen LogP contribution < -0.4 is 5.32 Å². The first-order valence-corrected chi connectivity index (χ1v) is 9.04. The molecule has 0 unspecified atom stereocenters. The largest absolute Gasteiger partial charge is 0.379 e. The Hall–Kier alpha value is -2.77. The SMILES string of the molecule is Cn1nc(C(=O)N[C@@H]2CCOC[C@H]2OCc2ccccn2)c2ccccc21. The van der Waals surface area contributed by atoms with E-state index in [4.69, 9.17) is 9.47 Å². The molecule has 1 aliphatic rings. The molecule has 1 N–H and O–H groups in total. The number of fused-ring (bicyclic) bond motifs is 1. The Bertz CT molecular complexity index is 925. The van der Waals surface area contributed by atoms with E-state index in [1.165, 1.54) is 0 Å². The zero-order valence-corrected chi connectivity index (χ0v) is 15.2. The van der Waals surface area contributed by atoms with Crippen LogP contribution in [0, 0.1) is 0 Å². The second kappa shape index (κ2) is 7.85. The highest BCUT2D eigenvalue weighted by atomic mass is 16.5. The van der Waals surface area contributed by atoms with Crippen LogP contribution in [-0.4, -0.2) is 46.0 Å². The van der Waals surface area contributed by atoms with Crippen LogP contribution in [0.2, 0.25) is 0 Å². The Labute approximate surface area is 157 Å². The Balaban J connectivity index is 1.46. The van der Waals surface area contributed by atoms with Gasteiger partial charge in [-0.05, 0) is 24.6 Å². The van der Waals surface area contributed by atoms with Crippen LogP contribution in [0.4, 0.5) is 0 Å². The van der Waals surface area contributed by atoms with E-state index in [1.54, 1.807) is 10.9 Å². The van der Waals surface area contributed by atoms with Gasteiger partial charge in [-0.15, -0.1) is 0 Å². The van der Waals surface area contributed by atoms with Gasteiger partial charge in [0.25, 0.3) is 5.91 Å². The topological polar surface area (TPSA) is 78.3 Å². The molecule has 1 aliphatic heterocycles. The van der Waals surface area contributed by atoms with Gasteiger partial charge in [0.15, 0.2) is 5.69 Å². The van der Waals surface area contributed by atoms with Gasteiger partial charge in [0.2, 0.25) is 0 Å². The maximum Gasteiger partial charge on any atom is 0.272 e. The Kier molecular flexibility index (Phi) is 5.13. The number of hydrogen-bond donors (Lipinski definition) is 1. The maximum absolute atomic E-state index is 12.9. The fraction of sp³-hybridized carbons (Fsp3) is 0.350. The Morgan fingerprint density at radius 1 is 1.30 bits per heavy atom. The number of nitrogens with one attached hydrogen (secondary N) is 1. The molecule has 140 valence electrons. The lowest BCUT2D eigenvalue weighted by Crippen LogP contribution is -2.50. The minimum Gasteiger partial charge on any atom is -0.379 e. The highest BCUT2D eigenvalue weighted by Gasteiger charge is 2.29. The number of nitrogens with zero attached hydrogens (tertiary/aromatic N) is 3. The number of carbonyl (C=O) groups is 1. The van der Waals surface area contributed by atoms with Crippen LogP contribution in [0.25, 0.3) is 10.9 Å². The number of pyridine rings is 1. The monoisotopic (exact) mass is 366 g/mol. The molecule has 2 atom stereocenters. The highest BCUT2D eigenvalue weighted by molar-refractivity contribution is 6.04. The van der Waals surface area contributed by atoms with E-state index in [-0.39, 0.29) is 18.1 Å². The summed E-state index contributed by atoms with van der Waals surface area (Å²) in [6.07, 6.45) is 2.21. The number of ether oxygens (including phenoxy) is 2. The molecule has 0 aliphatic carbocycles. The summed E-state index contributed by atoms with van der Waals surface area (Å²) in [5.41, 5.74) is 2.21. The smallest absolute Gasteiger partial charge is 0.272 e. The van der Waals surface area contributed by atoms with Crippen molar-refractivity contribution in [3.05, 3.63) is 60.0 Å². The summed E-state index contributed by atoms with van der Waals surface area (Å²) in [6, 6.07) is 13.3. The molecule has 7 nitrogen and oxygen atoms in total. The van der Waals surface area contributed by atoms with Crippen LogP contribution >= 0.6 is 0 Å². The average Bonchev–Trinajstić information content (AvgIpc) is 3.05. The van der Waals surface area contributed by atoms with Crippen molar-refractivity contribution in [2.45, 2.75) is 25.2 Å². The van der Waals surface area contributed by atoms with Crippen LogP contribution in [0.5, 0.6) is 0 Å². The van der Waals surface area contributed by atoms with Crippen molar-refractivity contribution in [2.75, 3.05) is 13.2 Å². The van der Waals surface area contributed by atoms with Gasteiger partial charge in [0.05, 0.1) is 30.5 Å². The van der Waals surface area contributed by atoms with E-state index in [0.717, 1.165) is 16.6 Å². The molecule has 1 saturated heterocycles. The van der Waals surface area contributed by atoms with Crippen molar-refractivity contribution in [3.63, 3.8) is 0 Å². The quantitative estimate of drug-likeness (QED) is 0.748. The summed E-state index contributed by atoms with van der Waals surface area (Å²) in [7, 11) is 1.84. The van der Waals surface area contributed by atoms with E-state index >= 15 is 0 Å². The highest BCUT2D eigenvalue weighted by Crippen LogP contribution is 2.19. The van der Waals surface area contributed by atoms with E-state index in [2.05, 4.69) is 15.4 Å². The first kappa shape index (κ1) is 17.6. The first-order valence-electron chi connectivity index (χ1n) is 9.04. The zero-order chi connectivity index (χ0) is 18.6. The third-order valence-corrected chi connectivity index (χ3v) is 4.76. The first-order chi connectivity index (χ1) is 13.2. The van der Waals surface area contributed by atoms with E-state index < -0.39 is 0 Å². The number of aromatic nitrogens is 3. The lowest BCUT2D eigenvalue weighted by Gasteiger charge is -2.31. The number of benzene rings is 1. The molecule has 3 aromatic rings. The van der Waals surface area contributed by atoms with E-state index in [9.17, 15) is 4.79 Å². The molecule has 0 bridgehead atoms. The molecule has 1 amide bonds.